The predicted octanol–water partition coefficient (Wildman–Crippen LogP) is 2.03. The molecule has 6 heteroatoms. The highest BCUT2D eigenvalue weighted by atomic mass is 16.5. The molecule has 1 fully saturated rings. The number of carbonyl (C=O) groups is 1. The fourth-order valence-electron chi connectivity index (χ4n) is 3.18. The first kappa shape index (κ1) is 17.6. The third-order valence-electron chi connectivity index (χ3n) is 4.72. The molecule has 1 saturated heterocycles. The van der Waals surface area contributed by atoms with Crippen molar-refractivity contribution in [3.8, 4) is 0 Å². The van der Waals surface area contributed by atoms with Crippen LogP contribution >= 0.6 is 0 Å². The van der Waals surface area contributed by atoms with Gasteiger partial charge < -0.3 is 13.9 Å². The van der Waals surface area contributed by atoms with Crippen molar-refractivity contribution < 1.29 is 18.7 Å². The van der Waals surface area contributed by atoms with E-state index >= 15 is 0 Å². The Morgan fingerprint density at radius 2 is 2.04 bits per heavy atom. The van der Waals surface area contributed by atoms with E-state index in [2.05, 4.69) is 11.0 Å². The van der Waals surface area contributed by atoms with Crippen LogP contribution in [0.15, 0.2) is 27.4 Å². The Hall–Kier alpha value is -2.18. The monoisotopic (exact) mass is 345 g/mol. The van der Waals surface area contributed by atoms with Crippen molar-refractivity contribution in [1.29, 1.82) is 0 Å². The number of esters is 1. The third-order valence-corrected chi connectivity index (χ3v) is 4.72. The summed E-state index contributed by atoms with van der Waals surface area (Å²) in [6.45, 7) is 6.73. The number of nitrogens with zero attached hydrogens (tertiary/aromatic N) is 1. The molecule has 0 N–H and O–H groups in total. The van der Waals surface area contributed by atoms with Crippen LogP contribution in [0.4, 0.5) is 0 Å². The molecule has 1 atom stereocenters. The molecule has 0 spiro atoms. The maximum Gasteiger partial charge on any atom is 0.336 e. The van der Waals surface area contributed by atoms with Crippen molar-refractivity contribution in [2.24, 2.45) is 5.92 Å². The van der Waals surface area contributed by atoms with Gasteiger partial charge in [-0.1, -0.05) is 0 Å². The minimum Gasteiger partial charge on any atom is -0.469 e. The molecule has 2 heterocycles. The second kappa shape index (κ2) is 7.37. The minimum absolute atomic E-state index is 0.268. The van der Waals surface area contributed by atoms with Gasteiger partial charge in [0.05, 0.1) is 26.2 Å². The lowest BCUT2D eigenvalue weighted by Crippen LogP contribution is -2.34. The van der Waals surface area contributed by atoms with Crippen LogP contribution in [0.2, 0.25) is 0 Å². The van der Waals surface area contributed by atoms with Crippen molar-refractivity contribution >= 4 is 16.9 Å². The summed E-state index contributed by atoms with van der Waals surface area (Å²) in [6, 6.07) is 5.49. The highest BCUT2D eigenvalue weighted by molar-refractivity contribution is 5.81. The van der Waals surface area contributed by atoms with Crippen LogP contribution in [-0.2, 0) is 20.8 Å². The molecule has 134 valence electrons. The summed E-state index contributed by atoms with van der Waals surface area (Å²) in [5, 5.41) is 0.933. The molecule has 1 aromatic heterocycles. The van der Waals surface area contributed by atoms with Crippen LogP contribution in [-0.4, -0.2) is 44.3 Å². The predicted molar refractivity (Wildman–Crippen MR) is 93.6 cm³/mol. The van der Waals surface area contributed by atoms with Gasteiger partial charge in [-0.25, -0.2) is 4.79 Å². The summed E-state index contributed by atoms with van der Waals surface area (Å²) in [4.78, 5) is 25.9. The van der Waals surface area contributed by atoms with Gasteiger partial charge in [0.15, 0.2) is 0 Å². The molecule has 1 aliphatic rings. The third kappa shape index (κ3) is 3.91. The molecule has 0 saturated carbocycles. The van der Waals surface area contributed by atoms with Gasteiger partial charge in [0.25, 0.3) is 0 Å². The number of rotatable bonds is 3. The van der Waals surface area contributed by atoms with E-state index in [1.54, 1.807) is 0 Å². The quantitative estimate of drug-likeness (QED) is 0.626. The van der Waals surface area contributed by atoms with Crippen molar-refractivity contribution in [2.45, 2.75) is 20.4 Å². The van der Waals surface area contributed by atoms with Gasteiger partial charge in [-0.3, -0.25) is 9.69 Å². The fourth-order valence-corrected chi connectivity index (χ4v) is 3.18. The van der Waals surface area contributed by atoms with E-state index < -0.39 is 0 Å². The lowest BCUT2D eigenvalue weighted by atomic mass is 10.0. The van der Waals surface area contributed by atoms with Crippen LogP contribution in [0.5, 0.6) is 0 Å². The van der Waals surface area contributed by atoms with Gasteiger partial charge in [0.1, 0.15) is 5.58 Å². The van der Waals surface area contributed by atoms with Crippen LogP contribution < -0.4 is 5.63 Å². The zero-order valence-electron chi connectivity index (χ0n) is 14.8. The number of benzene rings is 1. The molecule has 1 unspecified atom stereocenters. The second-order valence-electron chi connectivity index (χ2n) is 6.55. The number of hydrogen-bond acceptors (Lipinski definition) is 6. The molecule has 1 aliphatic heterocycles. The molecule has 0 radical (unpaired) electrons. The molecule has 0 bridgehead atoms. The van der Waals surface area contributed by atoms with E-state index in [1.165, 1.54) is 13.2 Å². The number of ether oxygens (including phenoxy) is 2. The Bertz CT molecular complexity index is 842. The highest BCUT2D eigenvalue weighted by Crippen LogP contribution is 2.23. The summed E-state index contributed by atoms with van der Waals surface area (Å²) >= 11 is 0. The number of hydrogen-bond donors (Lipinski definition) is 0. The van der Waals surface area contributed by atoms with Crippen molar-refractivity contribution in [2.75, 3.05) is 33.4 Å². The van der Waals surface area contributed by atoms with Crippen LogP contribution in [0.3, 0.4) is 0 Å². The van der Waals surface area contributed by atoms with Crippen molar-refractivity contribution in [1.82, 2.24) is 4.90 Å². The second-order valence-corrected chi connectivity index (χ2v) is 6.55. The van der Waals surface area contributed by atoms with E-state index in [1.807, 2.05) is 19.9 Å². The Kier molecular flexibility index (Phi) is 5.20. The lowest BCUT2D eigenvalue weighted by molar-refractivity contribution is -0.147. The van der Waals surface area contributed by atoms with Gasteiger partial charge in [-0.05, 0) is 42.7 Å². The first-order chi connectivity index (χ1) is 12.0. The van der Waals surface area contributed by atoms with E-state index in [0.717, 1.165) is 22.1 Å². The Morgan fingerprint density at radius 3 is 2.80 bits per heavy atom. The summed E-state index contributed by atoms with van der Waals surface area (Å²) in [6.07, 6.45) is 0. The van der Waals surface area contributed by atoms with E-state index in [9.17, 15) is 9.59 Å². The number of carbonyl (C=O) groups excluding carboxylic acids is 1. The van der Waals surface area contributed by atoms with Crippen LogP contribution in [0.1, 0.15) is 16.7 Å². The van der Waals surface area contributed by atoms with Gasteiger partial charge in [-0.2, -0.15) is 0 Å². The summed E-state index contributed by atoms with van der Waals surface area (Å²) in [5.74, 6) is -0.585. The van der Waals surface area contributed by atoms with E-state index in [0.29, 0.717) is 38.4 Å². The Balaban J connectivity index is 1.92. The molecule has 0 aliphatic carbocycles. The Labute approximate surface area is 146 Å². The summed E-state index contributed by atoms with van der Waals surface area (Å²) in [5.41, 5.74) is 3.37. The number of fused-ring (bicyclic) bond motifs is 1. The molecule has 0 amide bonds. The summed E-state index contributed by atoms with van der Waals surface area (Å²) in [7, 11) is 1.39. The molecule has 3 rings (SSSR count). The SMILES string of the molecule is COC(=O)C1COCCN(Cc2cc(=O)oc3cc(C)c(C)cc23)C1. The highest BCUT2D eigenvalue weighted by Gasteiger charge is 2.26. The maximum atomic E-state index is 11.9. The smallest absolute Gasteiger partial charge is 0.336 e. The van der Waals surface area contributed by atoms with Crippen LogP contribution in [0.25, 0.3) is 11.0 Å². The molecular formula is C19H23NO5. The molecule has 25 heavy (non-hydrogen) atoms. The average Bonchev–Trinajstić information content (AvgIpc) is 2.81. The zero-order valence-corrected chi connectivity index (χ0v) is 14.8. The molecular weight excluding hydrogens is 322 g/mol. The van der Waals surface area contributed by atoms with E-state index in [-0.39, 0.29) is 17.5 Å². The van der Waals surface area contributed by atoms with Crippen molar-refractivity contribution in [3.05, 3.63) is 45.3 Å². The lowest BCUT2D eigenvalue weighted by Gasteiger charge is -2.22. The first-order valence-electron chi connectivity index (χ1n) is 8.40. The van der Waals surface area contributed by atoms with Gasteiger partial charge in [0.2, 0.25) is 0 Å². The molecule has 1 aromatic carbocycles. The normalized spacial score (nSPS) is 18.9. The molecule has 6 nitrogen and oxygen atoms in total. The zero-order chi connectivity index (χ0) is 18.0. The van der Waals surface area contributed by atoms with Crippen molar-refractivity contribution in [3.63, 3.8) is 0 Å². The minimum atomic E-state index is -0.360. The van der Waals surface area contributed by atoms with Gasteiger partial charge in [-0.15, -0.1) is 0 Å². The van der Waals surface area contributed by atoms with Crippen LogP contribution in [0, 0.1) is 19.8 Å². The standard InChI is InChI=1S/C19H23NO5/c1-12-6-16-14(8-18(21)25-17(16)7-13(12)2)9-20-4-5-24-11-15(10-20)19(22)23-3/h6-8,15H,4-5,9-11H2,1-3H3. The molecule has 2 aromatic rings. The van der Waals surface area contributed by atoms with Gasteiger partial charge in [0, 0.05) is 31.1 Å². The Morgan fingerprint density at radius 1 is 1.28 bits per heavy atom. The van der Waals surface area contributed by atoms with E-state index in [4.69, 9.17) is 13.9 Å². The maximum absolute atomic E-state index is 11.9. The average molecular weight is 345 g/mol. The largest absolute Gasteiger partial charge is 0.469 e. The fraction of sp³-hybridized carbons (Fsp3) is 0.474. The number of aryl methyl sites for hydroxylation is 2. The van der Waals surface area contributed by atoms with Gasteiger partial charge >= 0.3 is 11.6 Å². The summed E-state index contributed by atoms with van der Waals surface area (Å²) < 4.78 is 15.7. The topological polar surface area (TPSA) is 69.0 Å². The number of methoxy groups -OCH3 is 1. The first-order valence-corrected chi connectivity index (χ1v) is 8.40.